The van der Waals surface area contributed by atoms with E-state index in [0.29, 0.717) is 12.6 Å². The molecule has 0 spiro atoms. The number of H-pyrrole nitrogens is 1. The summed E-state index contributed by atoms with van der Waals surface area (Å²) in [4.78, 5) is 2.56. The van der Waals surface area contributed by atoms with E-state index >= 15 is 0 Å². The van der Waals surface area contributed by atoms with Crippen LogP contribution in [0.5, 0.6) is 0 Å². The van der Waals surface area contributed by atoms with Crippen LogP contribution in [0.1, 0.15) is 24.2 Å². The van der Waals surface area contributed by atoms with Gasteiger partial charge < -0.3 is 10.2 Å². The van der Waals surface area contributed by atoms with Gasteiger partial charge in [0.25, 0.3) is 0 Å². The molecule has 2 N–H and O–H groups in total. The van der Waals surface area contributed by atoms with Crippen molar-refractivity contribution in [3.63, 3.8) is 0 Å². The van der Waals surface area contributed by atoms with Gasteiger partial charge in [0.1, 0.15) is 0 Å². The number of tetrazole rings is 1. The summed E-state index contributed by atoms with van der Waals surface area (Å²) in [6.45, 7) is 4.18. The highest BCUT2D eigenvalue weighted by molar-refractivity contribution is 5.14. The third kappa shape index (κ3) is 4.34. The molecule has 2 heterocycles. The Bertz CT molecular complexity index is 504. The Kier molecular flexibility index (Phi) is 4.91. The molecule has 1 aromatic carbocycles. The van der Waals surface area contributed by atoms with Crippen molar-refractivity contribution in [2.75, 3.05) is 19.6 Å². The van der Waals surface area contributed by atoms with Crippen molar-refractivity contribution in [1.29, 1.82) is 0 Å². The Labute approximate surface area is 124 Å². The summed E-state index contributed by atoms with van der Waals surface area (Å²) >= 11 is 0. The molecule has 0 radical (unpaired) electrons. The third-order valence-electron chi connectivity index (χ3n) is 4.09. The molecule has 3 rings (SSSR count). The first kappa shape index (κ1) is 14.2. The molecule has 1 aliphatic rings. The van der Waals surface area contributed by atoms with Crippen molar-refractivity contribution in [3.05, 3.63) is 41.7 Å². The largest absolute Gasteiger partial charge is 0.307 e. The maximum atomic E-state index is 3.96. The summed E-state index contributed by atoms with van der Waals surface area (Å²) in [6, 6.07) is 11.3. The average Bonchev–Trinajstić information content (AvgIpc) is 3.06. The maximum Gasteiger partial charge on any atom is 0.188 e. The van der Waals surface area contributed by atoms with E-state index in [1.165, 1.54) is 18.4 Å². The van der Waals surface area contributed by atoms with E-state index in [0.717, 1.165) is 31.9 Å². The highest BCUT2D eigenvalue weighted by atomic mass is 15.5. The van der Waals surface area contributed by atoms with Gasteiger partial charge in [0.2, 0.25) is 0 Å². The number of benzene rings is 1. The van der Waals surface area contributed by atoms with Gasteiger partial charge >= 0.3 is 0 Å². The molecule has 0 saturated carbocycles. The molecule has 0 bridgehead atoms. The molecule has 0 atom stereocenters. The van der Waals surface area contributed by atoms with Crippen LogP contribution in [0.25, 0.3) is 0 Å². The molecule has 1 saturated heterocycles. The fourth-order valence-electron chi connectivity index (χ4n) is 2.79. The van der Waals surface area contributed by atoms with Crippen molar-refractivity contribution >= 4 is 0 Å². The molecule has 1 fully saturated rings. The lowest BCUT2D eigenvalue weighted by molar-refractivity contribution is 0.198. The minimum absolute atomic E-state index is 0.566. The number of rotatable bonds is 6. The van der Waals surface area contributed by atoms with Crippen LogP contribution in [0.2, 0.25) is 0 Å². The number of aromatic amines is 1. The van der Waals surface area contributed by atoms with Gasteiger partial charge in [-0.15, -0.1) is 10.2 Å². The molecule has 1 aliphatic heterocycles. The van der Waals surface area contributed by atoms with E-state index in [9.17, 15) is 0 Å². The van der Waals surface area contributed by atoms with Gasteiger partial charge in [-0.3, -0.25) is 0 Å². The fraction of sp³-hybridized carbons (Fsp3) is 0.533. The van der Waals surface area contributed by atoms with Crippen molar-refractivity contribution in [1.82, 2.24) is 30.8 Å². The van der Waals surface area contributed by atoms with Crippen LogP contribution in [0.3, 0.4) is 0 Å². The molecule has 21 heavy (non-hydrogen) atoms. The Morgan fingerprint density at radius 2 is 2.00 bits per heavy atom. The molecule has 6 heteroatoms. The van der Waals surface area contributed by atoms with E-state index in [2.05, 4.69) is 61.2 Å². The molecule has 112 valence electrons. The molecule has 0 aliphatic carbocycles. The minimum Gasteiger partial charge on any atom is -0.307 e. The first-order chi connectivity index (χ1) is 10.4. The Morgan fingerprint density at radius 1 is 1.19 bits per heavy atom. The lowest BCUT2D eigenvalue weighted by atomic mass is 10.0. The van der Waals surface area contributed by atoms with Crippen molar-refractivity contribution in [3.8, 4) is 0 Å². The van der Waals surface area contributed by atoms with E-state index < -0.39 is 0 Å². The number of nitrogens with zero attached hydrogens (tertiary/aromatic N) is 4. The molecule has 1 aromatic heterocycles. The maximum absolute atomic E-state index is 3.96. The molecule has 0 amide bonds. The second-order valence-corrected chi connectivity index (χ2v) is 5.56. The van der Waals surface area contributed by atoms with Gasteiger partial charge in [-0.05, 0) is 37.9 Å². The van der Waals surface area contributed by atoms with Gasteiger partial charge in [0.15, 0.2) is 5.82 Å². The molecular weight excluding hydrogens is 264 g/mol. The lowest BCUT2D eigenvalue weighted by Crippen LogP contribution is -2.43. The second-order valence-electron chi connectivity index (χ2n) is 5.56. The zero-order chi connectivity index (χ0) is 14.3. The zero-order valence-electron chi connectivity index (χ0n) is 12.2. The number of hydrogen-bond donors (Lipinski definition) is 2. The molecule has 6 nitrogen and oxygen atoms in total. The number of hydrogen-bond acceptors (Lipinski definition) is 5. The summed E-state index contributed by atoms with van der Waals surface area (Å²) in [7, 11) is 0. The van der Waals surface area contributed by atoms with Crippen LogP contribution in [-0.4, -0.2) is 51.2 Å². The first-order valence-electron chi connectivity index (χ1n) is 7.62. The van der Waals surface area contributed by atoms with Crippen LogP contribution in [0, 0.1) is 0 Å². The van der Waals surface area contributed by atoms with Gasteiger partial charge in [-0.2, -0.15) is 5.21 Å². The summed E-state index contributed by atoms with van der Waals surface area (Å²) in [6.07, 6.45) is 3.51. The number of likely N-dealkylation sites (tertiary alicyclic amines) is 1. The van der Waals surface area contributed by atoms with Crippen LogP contribution in [0.15, 0.2) is 30.3 Å². The van der Waals surface area contributed by atoms with Crippen LogP contribution < -0.4 is 5.32 Å². The molecule has 0 unspecified atom stereocenters. The standard InChI is InChI=1S/C15H22N6/c1-2-4-13(5-3-1)6-9-21-10-7-14(8-11-21)16-12-15-17-19-20-18-15/h1-5,14,16H,6-12H2,(H,17,18,19,20). The van der Waals surface area contributed by atoms with Gasteiger partial charge in [0, 0.05) is 12.6 Å². The normalized spacial score (nSPS) is 17.1. The second kappa shape index (κ2) is 7.28. The van der Waals surface area contributed by atoms with E-state index in [-0.39, 0.29) is 0 Å². The lowest BCUT2D eigenvalue weighted by Gasteiger charge is -2.32. The summed E-state index contributed by atoms with van der Waals surface area (Å²) < 4.78 is 0. The van der Waals surface area contributed by atoms with Crippen LogP contribution in [0.4, 0.5) is 0 Å². The number of piperidine rings is 1. The average molecular weight is 286 g/mol. The van der Waals surface area contributed by atoms with E-state index in [1.807, 2.05) is 0 Å². The van der Waals surface area contributed by atoms with Crippen molar-refractivity contribution < 1.29 is 0 Å². The van der Waals surface area contributed by atoms with Gasteiger partial charge in [0.05, 0.1) is 6.54 Å². The molecule has 2 aromatic rings. The number of nitrogens with one attached hydrogen (secondary N) is 2. The van der Waals surface area contributed by atoms with Gasteiger partial charge in [-0.1, -0.05) is 35.5 Å². The van der Waals surface area contributed by atoms with Crippen molar-refractivity contribution in [2.45, 2.75) is 31.8 Å². The SMILES string of the molecule is c1ccc(CCN2CCC(NCc3nn[nH]n3)CC2)cc1. The van der Waals surface area contributed by atoms with Crippen LogP contribution in [-0.2, 0) is 13.0 Å². The third-order valence-corrected chi connectivity index (χ3v) is 4.09. The Hall–Kier alpha value is -1.79. The van der Waals surface area contributed by atoms with E-state index in [1.54, 1.807) is 0 Å². The Balaban J connectivity index is 1.35. The Morgan fingerprint density at radius 3 is 2.71 bits per heavy atom. The summed E-state index contributed by atoms with van der Waals surface area (Å²) in [5, 5.41) is 17.5. The highest BCUT2D eigenvalue weighted by Crippen LogP contribution is 2.11. The first-order valence-corrected chi connectivity index (χ1v) is 7.62. The van der Waals surface area contributed by atoms with Crippen molar-refractivity contribution in [2.24, 2.45) is 0 Å². The smallest absolute Gasteiger partial charge is 0.188 e. The predicted molar refractivity (Wildman–Crippen MR) is 80.6 cm³/mol. The fourth-order valence-corrected chi connectivity index (χ4v) is 2.79. The van der Waals surface area contributed by atoms with E-state index in [4.69, 9.17) is 0 Å². The monoisotopic (exact) mass is 286 g/mol. The van der Waals surface area contributed by atoms with Gasteiger partial charge in [-0.25, -0.2) is 0 Å². The predicted octanol–water partition coefficient (Wildman–Crippen LogP) is 0.996. The van der Waals surface area contributed by atoms with Crippen LogP contribution >= 0.6 is 0 Å². The molecular formula is C15H22N6. The topological polar surface area (TPSA) is 69.7 Å². The summed E-state index contributed by atoms with van der Waals surface area (Å²) in [5.41, 5.74) is 1.43. The number of aromatic nitrogens is 4. The summed E-state index contributed by atoms with van der Waals surface area (Å²) in [5.74, 6) is 0.738. The zero-order valence-corrected chi connectivity index (χ0v) is 12.2. The minimum atomic E-state index is 0.566. The highest BCUT2D eigenvalue weighted by Gasteiger charge is 2.18. The quantitative estimate of drug-likeness (QED) is 0.829.